The third-order valence-electron chi connectivity index (χ3n) is 8.07. The quantitative estimate of drug-likeness (QED) is 0.151. The SMILES string of the molecule is O=C1OC2(c3ccc(O)cc3Oc3cc(O)ccc32)c2ccccc21.c1cc2ccc3cccc4ccc(c1)c2c34. The number of ether oxygens (including phenoxy) is 2. The number of hydrogen-bond donors (Lipinski definition) is 2. The fourth-order valence-corrected chi connectivity index (χ4v) is 6.32. The van der Waals surface area contributed by atoms with Crippen molar-refractivity contribution in [2.24, 2.45) is 0 Å². The molecule has 196 valence electrons. The molecule has 2 aliphatic rings. The molecule has 0 fully saturated rings. The molecule has 0 aliphatic carbocycles. The van der Waals surface area contributed by atoms with E-state index < -0.39 is 11.6 Å². The van der Waals surface area contributed by atoms with E-state index in [9.17, 15) is 15.0 Å². The van der Waals surface area contributed by atoms with Gasteiger partial charge >= 0.3 is 5.97 Å². The fourth-order valence-electron chi connectivity index (χ4n) is 6.32. The average molecular weight is 535 g/mol. The van der Waals surface area contributed by atoms with E-state index in [1.165, 1.54) is 56.6 Å². The second-order valence-corrected chi connectivity index (χ2v) is 10.4. The summed E-state index contributed by atoms with van der Waals surface area (Å²) in [7, 11) is 0. The van der Waals surface area contributed by atoms with Gasteiger partial charge in [0.05, 0.1) is 5.56 Å². The third kappa shape index (κ3) is 3.33. The first-order valence-corrected chi connectivity index (χ1v) is 13.3. The van der Waals surface area contributed by atoms with Crippen LogP contribution in [0.5, 0.6) is 23.0 Å². The van der Waals surface area contributed by atoms with Gasteiger partial charge in [0, 0.05) is 28.8 Å². The lowest BCUT2D eigenvalue weighted by Gasteiger charge is -2.36. The third-order valence-corrected chi connectivity index (χ3v) is 8.07. The van der Waals surface area contributed by atoms with Crippen LogP contribution in [0.4, 0.5) is 0 Å². The Morgan fingerprint density at radius 3 is 1.51 bits per heavy atom. The van der Waals surface area contributed by atoms with Crippen LogP contribution in [0, 0.1) is 0 Å². The number of carbonyl (C=O) groups excluding carboxylic acids is 1. The molecule has 0 atom stereocenters. The predicted octanol–water partition coefficient (Wildman–Crippen LogP) is 8.25. The van der Waals surface area contributed by atoms with Gasteiger partial charge in [-0.3, -0.25) is 0 Å². The second kappa shape index (κ2) is 8.47. The second-order valence-electron chi connectivity index (χ2n) is 10.4. The van der Waals surface area contributed by atoms with Crippen LogP contribution in [0.25, 0.3) is 32.3 Å². The largest absolute Gasteiger partial charge is 0.508 e. The molecular weight excluding hydrogens is 512 g/mol. The van der Waals surface area contributed by atoms with Crippen LogP contribution in [0.1, 0.15) is 27.0 Å². The molecule has 0 bridgehead atoms. The van der Waals surface area contributed by atoms with Gasteiger partial charge in [-0.25, -0.2) is 4.79 Å². The van der Waals surface area contributed by atoms with Crippen LogP contribution in [-0.4, -0.2) is 16.2 Å². The molecule has 2 N–H and O–H groups in total. The molecule has 9 rings (SSSR count). The number of aromatic hydroxyl groups is 2. The number of phenols is 2. The number of fused-ring (bicyclic) bond motifs is 6. The first kappa shape index (κ1) is 23.3. The summed E-state index contributed by atoms with van der Waals surface area (Å²) < 4.78 is 11.8. The molecule has 5 heteroatoms. The standard InChI is InChI=1S/C20H12O5.C16H10/c21-11-5-7-15-17(9-11)24-18-10-12(22)6-8-16(18)20(15)14-4-2-1-3-13(14)19(23)25-20;1-3-11-7-9-13-5-2-6-14-10-8-12(4-1)15(11)16(13)14/h1-10,21-22H;1-10H. The van der Waals surface area contributed by atoms with Gasteiger partial charge in [0.15, 0.2) is 5.60 Å². The van der Waals surface area contributed by atoms with Crippen molar-refractivity contribution >= 4 is 38.3 Å². The number of phenolic OH excluding ortho intramolecular Hbond substituents is 2. The van der Waals surface area contributed by atoms with Crippen molar-refractivity contribution in [3.05, 3.63) is 144 Å². The fraction of sp³-hybridized carbons (Fsp3) is 0.0278. The molecule has 0 radical (unpaired) electrons. The minimum absolute atomic E-state index is 0.0371. The molecule has 41 heavy (non-hydrogen) atoms. The van der Waals surface area contributed by atoms with Gasteiger partial charge in [-0.05, 0) is 62.6 Å². The number of carbonyl (C=O) groups is 1. The van der Waals surface area contributed by atoms with Gasteiger partial charge in [-0.15, -0.1) is 0 Å². The van der Waals surface area contributed by atoms with Crippen LogP contribution >= 0.6 is 0 Å². The molecule has 0 amide bonds. The Morgan fingerprint density at radius 1 is 0.512 bits per heavy atom. The van der Waals surface area contributed by atoms with Crippen molar-refractivity contribution in [1.82, 2.24) is 0 Å². The summed E-state index contributed by atoms with van der Waals surface area (Å²) in [6, 6.07) is 38.4. The summed E-state index contributed by atoms with van der Waals surface area (Å²) in [6.07, 6.45) is 0. The van der Waals surface area contributed by atoms with E-state index in [0.29, 0.717) is 33.8 Å². The smallest absolute Gasteiger partial charge is 0.340 e. The Bertz CT molecular complexity index is 1980. The summed E-state index contributed by atoms with van der Waals surface area (Å²) in [5, 5.41) is 27.8. The lowest BCUT2D eigenvalue weighted by Crippen LogP contribution is -2.32. The average Bonchev–Trinajstić information content (AvgIpc) is 3.28. The maximum atomic E-state index is 12.5. The summed E-state index contributed by atoms with van der Waals surface area (Å²) in [4.78, 5) is 12.5. The zero-order valence-electron chi connectivity index (χ0n) is 21.7. The Labute approximate surface area is 234 Å². The van der Waals surface area contributed by atoms with Gasteiger partial charge < -0.3 is 19.7 Å². The highest BCUT2D eigenvalue weighted by Crippen LogP contribution is 2.56. The Morgan fingerprint density at radius 2 is 1.00 bits per heavy atom. The Balaban J connectivity index is 0.000000137. The highest BCUT2D eigenvalue weighted by Gasteiger charge is 2.53. The van der Waals surface area contributed by atoms with Gasteiger partial charge in [0.25, 0.3) is 0 Å². The Kier molecular flexibility index (Phi) is 4.82. The van der Waals surface area contributed by atoms with E-state index >= 15 is 0 Å². The molecule has 0 saturated heterocycles. The van der Waals surface area contributed by atoms with Crippen molar-refractivity contribution in [3.8, 4) is 23.0 Å². The van der Waals surface area contributed by atoms with E-state index in [0.717, 1.165) is 0 Å². The summed E-state index contributed by atoms with van der Waals surface area (Å²) in [5.74, 6) is 0.408. The number of benzene rings is 7. The maximum absolute atomic E-state index is 12.5. The van der Waals surface area contributed by atoms with Crippen molar-refractivity contribution in [2.75, 3.05) is 0 Å². The summed E-state index contributed by atoms with van der Waals surface area (Å²) >= 11 is 0. The van der Waals surface area contributed by atoms with Crippen LogP contribution < -0.4 is 4.74 Å². The van der Waals surface area contributed by atoms with Crippen molar-refractivity contribution in [1.29, 1.82) is 0 Å². The van der Waals surface area contributed by atoms with Crippen molar-refractivity contribution < 1.29 is 24.5 Å². The lowest BCUT2D eigenvalue weighted by atomic mass is 9.77. The maximum Gasteiger partial charge on any atom is 0.340 e. The molecule has 7 aromatic rings. The minimum Gasteiger partial charge on any atom is -0.508 e. The van der Waals surface area contributed by atoms with Gasteiger partial charge in [0.1, 0.15) is 23.0 Å². The molecule has 1 spiro atoms. The monoisotopic (exact) mass is 534 g/mol. The molecule has 0 saturated carbocycles. The van der Waals surface area contributed by atoms with E-state index in [1.807, 2.05) is 12.1 Å². The highest BCUT2D eigenvalue weighted by atomic mass is 16.6. The first-order valence-electron chi connectivity index (χ1n) is 13.3. The highest BCUT2D eigenvalue weighted by molar-refractivity contribution is 6.22. The predicted molar refractivity (Wildman–Crippen MR) is 158 cm³/mol. The zero-order valence-corrected chi connectivity index (χ0v) is 21.7. The molecule has 0 aromatic heterocycles. The van der Waals surface area contributed by atoms with Crippen LogP contribution in [0.3, 0.4) is 0 Å². The normalized spacial score (nSPS) is 14.2. The van der Waals surface area contributed by atoms with E-state index in [-0.39, 0.29) is 11.5 Å². The van der Waals surface area contributed by atoms with Crippen LogP contribution in [0.15, 0.2) is 121 Å². The van der Waals surface area contributed by atoms with E-state index in [2.05, 4.69) is 60.7 Å². The van der Waals surface area contributed by atoms with Gasteiger partial charge in [0.2, 0.25) is 0 Å². The topological polar surface area (TPSA) is 76.0 Å². The minimum atomic E-state index is -1.17. The summed E-state index contributed by atoms with van der Waals surface area (Å²) in [6.45, 7) is 0. The number of rotatable bonds is 0. The number of esters is 1. The lowest BCUT2D eigenvalue weighted by molar-refractivity contribution is 0.0224. The molecule has 7 aromatic carbocycles. The zero-order chi connectivity index (χ0) is 27.7. The van der Waals surface area contributed by atoms with Crippen molar-refractivity contribution in [3.63, 3.8) is 0 Å². The van der Waals surface area contributed by atoms with Crippen LogP contribution in [0.2, 0.25) is 0 Å². The Hall–Kier alpha value is -5.55. The van der Waals surface area contributed by atoms with Crippen LogP contribution in [-0.2, 0) is 10.3 Å². The molecular formula is C36H22O5. The first-order chi connectivity index (χ1) is 20.0. The molecule has 2 aliphatic heterocycles. The molecule has 5 nitrogen and oxygen atoms in total. The van der Waals surface area contributed by atoms with Crippen molar-refractivity contribution in [2.45, 2.75) is 5.60 Å². The number of hydrogen-bond acceptors (Lipinski definition) is 5. The van der Waals surface area contributed by atoms with E-state index in [4.69, 9.17) is 9.47 Å². The summed E-state index contributed by atoms with van der Waals surface area (Å²) in [5.41, 5.74) is 1.28. The van der Waals surface area contributed by atoms with Gasteiger partial charge in [-0.1, -0.05) is 78.9 Å². The molecule has 0 unspecified atom stereocenters. The van der Waals surface area contributed by atoms with E-state index in [1.54, 1.807) is 24.3 Å². The molecule has 2 heterocycles. The van der Waals surface area contributed by atoms with Gasteiger partial charge in [-0.2, -0.15) is 0 Å².